The van der Waals surface area contributed by atoms with Crippen molar-refractivity contribution < 1.29 is 4.79 Å². The van der Waals surface area contributed by atoms with Gasteiger partial charge in [0.25, 0.3) is 0 Å². The summed E-state index contributed by atoms with van der Waals surface area (Å²) < 4.78 is 0.994. The summed E-state index contributed by atoms with van der Waals surface area (Å²) in [7, 11) is 0. The minimum absolute atomic E-state index is 0.0212. The molecule has 94 valence electrons. The monoisotopic (exact) mass is 298 g/mol. The molecule has 0 radical (unpaired) electrons. The van der Waals surface area contributed by atoms with Gasteiger partial charge in [-0.15, -0.1) is 0 Å². The van der Waals surface area contributed by atoms with Gasteiger partial charge < -0.3 is 11.1 Å². The predicted molar refractivity (Wildman–Crippen MR) is 75.0 cm³/mol. The lowest BCUT2D eigenvalue weighted by Gasteiger charge is -2.12. The molecule has 0 aliphatic carbocycles. The average molecular weight is 299 g/mol. The standard InChI is InChI=1S/C13H19BrN2O/c1-3-5-10(15)8-13(17)16-12-7-4-6-11(14)9(12)2/h4,6-7,10H,3,5,8,15H2,1-2H3,(H,16,17). The molecule has 1 atom stereocenters. The van der Waals surface area contributed by atoms with E-state index in [1.54, 1.807) is 0 Å². The Hall–Kier alpha value is -0.870. The third kappa shape index (κ3) is 4.48. The Bertz CT molecular complexity index is 393. The number of anilines is 1. The lowest BCUT2D eigenvalue weighted by molar-refractivity contribution is -0.116. The first-order chi connectivity index (χ1) is 8.04. The Labute approximate surface area is 111 Å². The summed E-state index contributed by atoms with van der Waals surface area (Å²) in [6.07, 6.45) is 2.26. The summed E-state index contributed by atoms with van der Waals surface area (Å²) in [5.74, 6) is -0.0212. The number of nitrogens with two attached hydrogens (primary N) is 1. The Morgan fingerprint density at radius 1 is 1.53 bits per heavy atom. The van der Waals surface area contributed by atoms with Crippen LogP contribution in [0.4, 0.5) is 5.69 Å². The Balaban J connectivity index is 2.59. The molecule has 3 N–H and O–H groups in total. The van der Waals surface area contributed by atoms with Gasteiger partial charge in [0, 0.05) is 22.6 Å². The number of rotatable bonds is 5. The summed E-state index contributed by atoms with van der Waals surface area (Å²) in [4.78, 5) is 11.8. The van der Waals surface area contributed by atoms with Crippen LogP contribution < -0.4 is 11.1 Å². The van der Waals surface area contributed by atoms with Crippen LogP contribution >= 0.6 is 15.9 Å². The van der Waals surface area contributed by atoms with Gasteiger partial charge in [0.15, 0.2) is 0 Å². The van der Waals surface area contributed by atoms with Crippen molar-refractivity contribution in [3.63, 3.8) is 0 Å². The summed E-state index contributed by atoms with van der Waals surface area (Å²) in [6, 6.07) is 5.70. The largest absolute Gasteiger partial charge is 0.327 e. The number of nitrogens with one attached hydrogen (secondary N) is 1. The van der Waals surface area contributed by atoms with Crippen molar-refractivity contribution in [2.24, 2.45) is 5.73 Å². The molecule has 0 heterocycles. The zero-order chi connectivity index (χ0) is 12.8. The van der Waals surface area contributed by atoms with Crippen LogP contribution in [-0.2, 0) is 4.79 Å². The number of amides is 1. The van der Waals surface area contributed by atoms with Crippen molar-refractivity contribution in [1.82, 2.24) is 0 Å². The van der Waals surface area contributed by atoms with E-state index in [4.69, 9.17) is 5.73 Å². The molecule has 1 aromatic carbocycles. The number of halogens is 1. The summed E-state index contributed by atoms with van der Waals surface area (Å²) in [5, 5.41) is 2.89. The molecular formula is C13H19BrN2O. The van der Waals surface area contributed by atoms with Crippen LogP contribution in [0.2, 0.25) is 0 Å². The molecule has 0 aromatic heterocycles. The number of hydrogen-bond acceptors (Lipinski definition) is 2. The second-order valence-electron chi connectivity index (χ2n) is 4.21. The number of benzene rings is 1. The highest BCUT2D eigenvalue weighted by atomic mass is 79.9. The quantitative estimate of drug-likeness (QED) is 0.877. The Morgan fingerprint density at radius 3 is 2.88 bits per heavy atom. The lowest BCUT2D eigenvalue weighted by Crippen LogP contribution is -2.27. The molecule has 1 unspecified atom stereocenters. The Kier molecular flexibility index (Phi) is 5.65. The van der Waals surface area contributed by atoms with Gasteiger partial charge in [-0.2, -0.15) is 0 Å². The zero-order valence-corrected chi connectivity index (χ0v) is 11.9. The molecule has 0 saturated carbocycles. The van der Waals surface area contributed by atoms with Crippen LogP contribution in [0.25, 0.3) is 0 Å². The van der Waals surface area contributed by atoms with Crippen LogP contribution in [0.1, 0.15) is 31.7 Å². The highest BCUT2D eigenvalue weighted by molar-refractivity contribution is 9.10. The van der Waals surface area contributed by atoms with Crippen LogP contribution in [0.5, 0.6) is 0 Å². The maximum Gasteiger partial charge on any atom is 0.225 e. The average Bonchev–Trinajstić information content (AvgIpc) is 2.25. The third-order valence-corrected chi connectivity index (χ3v) is 3.51. The smallest absolute Gasteiger partial charge is 0.225 e. The molecule has 1 amide bonds. The minimum Gasteiger partial charge on any atom is -0.327 e. The summed E-state index contributed by atoms with van der Waals surface area (Å²) in [5.41, 5.74) is 7.71. The van der Waals surface area contributed by atoms with E-state index in [2.05, 4.69) is 28.2 Å². The fraction of sp³-hybridized carbons (Fsp3) is 0.462. The van der Waals surface area contributed by atoms with Gasteiger partial charge in [-0.25, -0.2) is 0 Å². The molecule has 17 heavy (non-hydrogen) atoms. The third-order valence-electron chi connectivity index (χ3n) is 2.65. The fourth-order valence-corrected chi connectivity index (χ4v) is 2.02. The SMILES string of the molecule is CCCC(N)CC(=O)Nc1cccc(Br)c1C. The van der Waals surface area contributed by atoms with E-state index in [1.165, 1.54) is 0 Å². The van der Waals surface area contributed by atoms with Crippen molar-refractivity contribution in [3.05, 3.63) is 28.2 Å². The van der Waals surface area contributed by atoms with Gasteiger partial charge in [-0.05, 0) is 31.0 Å². The zero-order valence-electron chi connectivity index (χ0n) is 10.3. The van der Waals surface area contributed by atoms with Gasteiger partial charge in [0.2, 0.25) is 5.91 Å². The van der Waals surface area contributed by atoms with Crippen LogP contribution in [-0.4, -0.2) is 11.9 Å². The van der Waals surface area contributed by atoms with E-state index >= 15 is 0 Å². The molecule has 0 aliphatic rings. The predicted octanol–water partition coefficient (Wildman–Crippen LogP) is 3.21. The van der Waals surface area contributed by atoms with E-state index in [9.17, 15) is 4.79 Å². The normalized spacial score (nSPS) is 12.2. The van der Waals surface area contributed by atoms with E-state index < -0.39 is 0 Å². The van der Waals surface area contributed by atoms with Crippen molar-refractivity contribution in [3.8, 4) is 0 Å². The fourth-order valence-electron chi connectivity index (χ4n) is 1.66. The van der Waals surface area contributed by atoms with Crippen molar-refractivity contribution in [1.29, 1.82) is 0 Å². The van der Waals surface area contributed by atoms with Gasteiger partial charge in [-0.3, -0.25) is 4.79 Å². The molecule has 0 bridgehead atoms. The second-order valence-corrected chi connectivity index (χ2v) is 5.07. The number of carbonyl (C=O) groups is 1. The first kappa shape index (κ1) is 14.2. The molecule has 1 aromatic rings. The summed E-state index contributed by atoms with van der Waals surface area (Å²) >= 11 is 3.44. The van der Waals surface area contributed by atoms with Crippen molar-refractivity contribution >= 4 is 27.5 Å². The number of hydrogen-bond donors (Lipinski definition) is 2. The van der Waals surface area contributed by atoms with Crippen molar-refractivity contribution in [2.75, 3.05) is 5.32 Å². The molecule has 1 rings (SSSR count). The summed E-state index contributed by atoms with van der Waals surface area (Å²) in [6.45, 7) is 4.03. The minimum atomic E-state index is -0.0486. The van der Waals surface area contributed by atoms with Crippen LogP contribution in [0.3, 0.4) is 0 Å². The lowest BCUT2D eigenvalue weighted by atomic mass is 10.1. The van der Waals surface area contributed by atoms with Crippen molar-refractivity contribution in [2.45, 2.75) is 39.2 Å². The molecule has 0 fully saturated rings. The maximum atomic E-state index is 11.8. The molecular weight excluding hydrogens is 280 g/mol. The number of carbonyl (C=O) groups excluding carboxylic acids is 1. The van der Waals surface area contributed by atoms with Gasteiger partial charge in [0.05, 0.1) is 0 Å². The van der Waals surface area contributed by atoms with Gasteiger partial charge in [0.1, 0.15) is 0 Å². The topological polar surface area (TPSA) is 55.1 Å². The molecule has 4 heteroatoms. The van der Waals surface area contributed by atoms with E-state index in [1.807, 2.05) is 25.1 Å². The second kappa shape index (κ2) is 6.77. The molecule has 0 spiro atoms. The molecule has 3 nitrogen and oxygen atoms in total. The van der Waals surface area contributed by atoms with Gasteiger partial charge >= 0.3 is 0 Å². The molecule has 0 aliphatic heterocycles. The Morgan fingerprint density at radius 2 is 2.24 bits per heavy atom. The van der Waals surface area contributed by atoms with Crippen LogP contribution in [0, 0.1) is 6.92 Å². The van der Waals surface area contributed by atoms with Gasteiger partial charge in [-0.1, -0.05) is 35.3 Å². The maximum absolute atomic E-state index is 11.8. The highest BCUT2D eigenvalue weighted by Gasteiger charge is 2.10. The van der Waals surface area contributed by atoms with E-state index in [0.717, 1.165) is 28.6 Å². The van der Waals surface area contributed by atoms with Crippen LogP contribution in [0.15, 0.2) is 22.7 Å². The first-order valence-electron chi connectivity index (χ1n) is 5.85. The van der Waals surface area contributed by atoms with E-state index in [0.29, 0.717) is 6.42 Å². The molecule has 0 saturated heterocycles. The first-order valence-corrected chi connectivity index (χ1v) is 6.64. The van der Waals surface area contributed by atoms with E-state index in [-0.39, 0.29) is 11.9 Å². The highest BCUT2D eigenvalue weighted by Crippen LogP contribution is 2.23.